The van der Waals surface area contributed by atoms with Crippen LogP contribution in [0.2, 0.25) is 0 Å². The topological polar surface area (TPSA) is 337 Å². The minimum Gasteiger partial charge on any atom is -0.378 e. The number of morpholine rings is 3. The Labute approximate surface area is 763 Å². The second-order valence-corrected chi connectivity index (χ2v) is 36.7. The predicted molar refractivity (Wildman–Crippen MR) is 508 cm³/mol. The quantitative estimate of drug-likeness (QED) is 0.0250. The second-order valence-electron chi connectivity index (χ2n) is 33.1. The van der Waals surface area contributed by atoms with Gasteiger partial charge in [-0.05, 0) is 97.6 Å². The SMILES string of the molecule is CC(C)CS(=O)(=O)NCCn1c(C(=O)N2CCNCC2)c(-c2ccccc2)n(-c2cccc(N3CCOCC3)c2)c1=O.O=C(NCCCn1c(C(=O)N2CCNCC2)c(-c2ccccc2)n(-c2cccc(N3CCOCC3)c2)c1=O)c1ccccc1.O=C(c1c(-c2ccccc2)n(-c2cccc(N3CCOCC3)c2)c(=O)n1CCCNS(=O)(=O)c1ccccc1)N1CCNCC1. The first kappa shape index (κ1) is 93.3. The Morgan fingerprint density at radius 2 is 0.672 bits per heavy atom. The molecule has 6 fully saturated rings. The molecule has 32 nitrogen and oxygen atoms in total. The average molecular weight is 1820 g/mol. The first-order chi connectivity index (χ1) is 63.8. The van der Waals surface area contributed by atoms with Crippen LogP contribution in [0.25, 0.3) is 50.8 Å². The van der Waals surface area contributed by atoms with Crippen LogP contribution in [0.3, 0.4) is 0 Å². The lowest BCUT2D eigenvalue weighted by atomic mass is 10.1. The van der Waals surface area contributed by atoms with Gasteiger partial charge in [-0.1, -0.05) is 159 Å². The summed E-state index contributed by atoms with van der Waals surface area (Å²) in [5.41, 5.74) is 9.26. The Morgan fingerprint density at radius 1 is 0.359 bits per heavy atom. The van der Waals surface area contributed by atoms with E-state index in [4.69, 9.17) is 14.2 Å². The molecular formula is C97H116N18O14S2. The fourth-order valence-electron chi connectivity index (χ4n) is 17.3. The molecule has 11 aromatic rings. The monoisotopic (exact) mass is 1820 g/mol. The number of piperazine rings is 3. The number of rotatable bonds is 29. The van der Waals surface area contributed by atoms with E-state index in [1.165, 1.54) is 21.3 Å². The molecule has 6 aliphatic heterocycles. The summed E-state index contributed by atoms with van der Waals surface area (Å²) in [5, 5.41) is 12.8. The van der Waals surface area contributed by atoms with Gasteiger partial charge in [-0.15, -0.1) is 0 Å². The van der Waals surface area contributed by atoms with E-state index in [1.807, 2.05) is 201 Å². The molecule has 6 N–H and O–H groups in total. The first-order valence-corrected chi connectivity index (χ1v) is 48.3. The summed E-state index contributed by atoms with van der Waals surface area (Å²) >= 11 is 0. The number of ether oxygens (including phenoxy) is 3. The Bertz CT molecular complexity index is 6130. The van der Waals surface area contributed by atoms with Crippen LogP contribution in [-0.4, -0.2) is 265 Å². The molecule has 0 unspecified atom stereocenters. The van der Waals surface area contributed by atoms with Gasteiger partial charge >= 0.3 is 17.1 Å². The van der Waals surface area contributed by atoms with Crippen molar-refractivity contribution in [3.05, 3.63) is 279 Å². The lowest BCUT2D eigenvalue weighted by Crippen LogP contribution is -2.47. The van der Waals surface area contributed by atoms with Crippen molar-refractivity contribution >= 4 is 60.7 Å². The molecular weight excluding hydrogens is 1710 g/mol. The second kappa shape index (κ2) is 44.5. The summed E-state index contributed by atoms with van der Waals surface area (Å²) in [6, 6.07) is 69.3. The van der Waals surface area contributed by atoms with Gasteiger partial charge < -0.3 is 64.9 Å². The van der Waals surface area contributed by atoms with Gasteiger partial charge in [0.15, 0.2) is 0 Å². The minimum absolute atomic E-state index is 0.0111. The summed E-state index contributed by atoms with van der Waals surface area (Å²) < 4.78 is 82.1. The molecule has 690 valence electrons. The number of imidazole rings is 3. The van der Waals surface area contributed by atoms with E-state index < -0.39 is 25.7 Å². The normalized spacial score (nSPS) is 15.7. The van der Waals surface area contributed by atoms with E-state index in [0.717, 1.165) is 73.0 Å². The van der Waals surface area contributed by atoms with Crippen molar-refractivity contribution < 1.29 is 50.2 Å². The molecule has 131 heavy (non-hydrogen) atoms. The lowest BCUT2D eigenvalue weighted by molar-refractivity contribution is 0.0718. The van der Waals surface area contributed by atoms with Gasteiger partial charge in [-0.2, -0.15) is 0 Å². The number of hydrogen-bond acceptors (Lipinski definition) is 20. The molecule has 6 aliphatic rings. The fraction of sp³-hybridized carbons (Fsp3) is 0.371. The van der Waals surface area contributed by atoms with Gasteiger partial charge in [0.25, 0.3) is 23.6 Å². The molecule has 6 saturated heterocycles. The van der Waals surface area contributed by atoms with Crippen molar-refractivity contribution in [1.29, 1.82) is 0 Å². The molecule has 0 aliphatic carbocycles. The number of anilines is 3. The van der Waals surface area contributed by atoms with E-state index in [9.17, 15) is 50.4 Å². The van der Waals surface area contributed by atoms with Crippen LogP contribution < -0.4 is 62.5 Å². The minimum atomic E-state index is -3.71. The highest BCUT2D eigenvalue weighted by molar-refractivity contribution is 7.89. The van der Waals surface area contributed by atoms with E-state index >= 15 is 0 Å². The zero-order valence-electron chi connectivity index (χ0n) is 74.2. The molecule has 3 aromatic heterocycles. The third-order valence-electron chi connectivity index (χ3n) is 23.8. The highest BCUT2D eigenvalue weighted by Crippen LogP contribution is 2.35. The maximum absolute atomic E-state index is 14.4. The smallest absolute Gasteiger partial charge is 0.333 e. The van der Waals surface area contributed by atoms with Crippen LogP contribution in [0.4, 0.5) is 17.1 Å². The molecule has 8 aromatic carbocycles. The number of nitrogens with zero attached hydrogens (tertiary/aromatic N) is 12. The zero-order valence-corrected chi connectivity index (χ0v) is 75.8. The van der Waals surface area contributed by atoms with E-state index in [0.29, 0.717) is 189 Å². The van der Waals surface area contributed by atoms with Gasteiger partial charge in [0.05, 0.1) is 84.4 Å². The zero-order chi connectivity index (χ0) is 91.2. The molecule has 4 amide bonds. The number of amides is 4. The van der Waals surface area contributed by atoms with Gasteiger partial charge in [0, 0.05) is 196 Å². The van der Waals surface area contributed by atoms with Crippen molar-refractivity contribution in [2.45, 2.75) is 51.2 Å². The van der Waals surface area contributed by atoms with Gasteiger partial charge in [-0.3, -0.25) is 46.6 Å². The molecule has 9 heterocycles. The van der Waals surface area contributed by atoms with Crippen LogP contribution in [-0.2, 0) is 53.9 Å². The summed E-state index contributed by atoms with van der Waals surface area (Å²) in [7, 11) is -7.25. The van der Waals surface area contributed by atoms with E-state index in [1.54, 1.807) is 58.4 Å². The molecule has 17 rings (SSSR count). The van der Waals surface area contributed by atoms with Crippen LogP contribution in [0.15, 0.2) is 244 Å². The fourth-order valence-corrected chi connectivity index (χ4v) is 19.8. The third kappa shape index (κ3) is 22.8. The Kier molecular flexibility index (Phi) is 31.7. The number of nitrogens with one attached hydrogen (secondary N) is 6. The number of benzene rings is 8. The number of sulfonamides is 2. The standard InChI is InChI=1S/C34H38N6O4.C33H38N6O5S.C30H40N6O5S/c41-32(27-11-5-2-6-12-27)36-15-8-18-39-31(33(42)38-19-16-35-17-20-38)30(26-9-3-1-4-10-26)40(34(39)43)29-14-7-13-28(25-29)37-21-23-44-24-22-37;40-32(37-19-16-34-17-20-37)31-30(26-9-3-1-4-10-26)39(28-12-7-11-27(25-28)36-21-23-44-24-22-36)33(41)38(31)18-8-15-35-45(42,43)29-13-5-2-6-14-29;1-23(2)22-42(39,40)32-13-16-35-28(29(37)34-14-11-31-12-15-34)27(24-7-4-3-5-8-24)36(30(35)38)26-10-6-9-25(21-26)33-17-19-41-20-18-33/h1-7,9-14,25,35H,8,15-24H2,(H,36,41);1-7,9-14,25,34-35H,8,15-24H2;3-10,21,23,31-32H,11-20,22H2,1-2H3. The number of hydrogen-bond donors (Lipinski definition) is 6. The van der Waals surface area contributed by atoms with E-state index in [-0.39, 0.29) is 90.0 Å². The molecule has 34 heteroatoms. The van der Waals surface area contributed by atoms with Crippen LogP contribution in [0, 0.1) is 5.92 Å². The average Bonchev–Trinajstić information content (AvgIpc) is 1.60. The predicted octanol–water partition coefficient (Wildman–Crippen LogP) is 7.33. The molecule has 0 spiro atoms. The van der Waals surface area contributed by atoms with Crippen LogP contribution in [0.5, 0.6) is 0 Å². The summed E-state index contributed by atoms with van der Waals surface area (Å²) in [4.78, 5) is 111. The Balaban J connectivity index is 0.000000151. The Morgan fingerprint density at radius 3 is 1.02 bits per heavy atom. The first-order valence-electron chi connectivity index (χ1n) is 45.2. The van der Waals surface area contributed by atoms with Crippen LogP contribution >= 0.6 is 0 Å². The third-order valence-corrected chi connectivity index (χ3v) is 27.0. The van der Waals surface area contributed by atoms with Crippen LogP contribution in [0.1, 0.15) is 68.5 Å². The van der Waals surface area contributed by atoms with Crippen molar-refractivity contribution in [2.75, 3.05) is 198 Å². The maximum atomic E-state index is 14.4. The summed E-state index contributed by atoms with van der Waals surface area (Å²) in [6.45, 7) is 20.2. The number of carbonyl (C=O) groups is 4. The number of carbonyl (C=O) groups excluding carboxylic acids is 4. The molecule has 0 radical (unpaired) electrons. The van der Waals surface area contributed by atoms with Gasteiger partial charge in [-0.25, -0.2) is 40.7 Å². The van der Waals surface area contributed by atoms with Crippen molar-refractivity contribution in [3.63, 3.8) is 0 Å². The maximum Gasteiger partial charge on any atom is 0.333 e. The highest BCUT2D eigenvalue weighted by atomic mass is 32.2. The van der Waals surface area contributed by atoms with Gasteiger partial charge in [0.2, 0.25) is 20.0 Å². The van der Waals surface area contributed by atoms with Crippen molar-refractivity contribution in [1.82, 2.24) is 72.8 Å². The summed E-state index contributed by atoms with van der Waals surface area (Å²) in [5.74, 6) is -0.865. The van der Waals surface area contributed by atoms with Crippen molar-refractivity contribution in [3.8, 4) is 50.8 Å². The number of aromatic nitrogens is 6. The largest absolute Gasteiger partial charge is 0.378 e. The van der Waals surface area contributed by atoms with Crippen molar-refractivity contribution in [2.24, 2.45) is 5.92 Å². The lowest BCUT2D eigenvalue weighted by Gasteiger charge is -2.29. The highest BCUT2D eigenvalue weighted by Gasteiger charge is 2.36. The van der Waals surface area contributed by atoms with E-state index in [2.05, 4.69) is 45.4 Å². The van der Waals surface area contributed by atoms with Gasteiger partial charge in [0.1, 0.15) is 17.1 Å². The molecule has 0 saturated carbocycles. The molecule has 0 atom stereocenters. The molecule has 0 bridgehead atoms. The Hall–Kier alpha value is -12.4. The summed E-state index contributed by atoms with van der Waals surface area (Å²) in [6.07, 6.45) is 0.784.